The van der Waals surface area contributed by atoms with E-state index in [4.69, 9.17) is 0 Å². The quantitative estimate of drug-likeness (QED) is 0.133. The van der Waals surface area contributed by atoms with E-state index in [0.717, 1.165) is 34.7 Å². The monoisotopic (exact) mass is 1300 g/mol. The van der Waals surface area contributed by atoms with Gasteiger partial charge in [0.05, 0.1) is 11.4 Å². The Balaban J connectivity index is 1.02. The van der Waals surface area contributed by atoms with Gasteiger partial charge in [-0.1, -0.05) is 326 Å². The van der Waals surface area contributed by atoms with Gasteiger partial charge in [0.15, 0.2) is 0 Å². The van der Waals surface area contributed by atoms with E-state index in [1.807, 2.05) is 0 Å². The van der Waals surface area contributed by atoms with Crippen LogP contribution in [0.15, 0.2) is 314 Å². The summed E-state index contributed by atoms with van der Waals surface area (Å²) in [6.45, 7) is 28.0. The number of rotatable bonds is 9. The van der Waals surface area contributed by atoms with Crippen LogP contribution in [0.25, 0.3) is 72.3 Å². The molecule has 101 heavy (non-hydrogen) atoms. The van der Waals surface area contributed by atoms with Crippen molar-refractivity contribution >= 4 is 62.8 Å². The van der Waals surface area contributed by atoms with E-state index < -0.39 is 0 Å². The molecule has 0 spiro atoms. The van der Waals surface area contributed by atoms with Crippen molar-refractivity contribution in [1.82, 2.24) is 0 Å². The van der Waals surface area contributed by atoms with Gasteiger partial charge in [-0.05, 0) is 194 Å². The largest absolute Gasteiger partial charge is 0.310 e. The smallest absolute Gasteiger partial charge is 0.252 e. The predicted octanol–water partition coefficient (Wildman–Crippen LogP) is 24.6. The topological polar surface area (TPSA) is 6.48 Å². The first-order chi connectivity index (χ1) is 48.6. The maximum atomic E-state index is 2.76. The molecule has 2 aliphatic heterocycles. The third kappa shape index (κ3) is 11.2. The van der Waals surface area contributed by atoms with Crippen LogP contribution in [0.1, 0.15) is 112 Å². The number of fused-ring (bicyclic) bond motifs is 4. The van der Waals surface area contributed by atoms with E-state index in [1.165, 1.54) is 139 Å². The predicted molar refractivity (Wildman–Crippen MR) is 433 cm³/mol. The number of nitrogens with zero attached hydrogens (tertiary/aromatic N) is 2. The zero-order valence-corrected chi connectivity index (χ0v) is 60.6. The summed E-state index contributed by atoms with van der Waals surface area (Å²) in [5.74, 6) is 1.10. The van der Waals surface area contributed by atoms with Gasteiger partial charge in [-0.25, -0.2) is 0 Å². The molecule has 17 rings (SSSR count). The Bertz CT molecular complexity index is 5200. The summed E-state index contributed by atoms with van der Waals surface area (Å²) < 4.78 is 0. The van der Waals surface area contributed by atoms with E-state index in [-0.39, 0.29) is 28.4 Å². The molecule has 0 N–H and O–H groups in total. The zero-order valence-electron chi connectivity index (χ0n) is 60.6. The Labute approximate surface area is 600 Å². The molecule has 6 aliphatic rings. The second-order valence-electron chi connectivity index (χ2n) is 33.3. The van der Waals surface area contributed by atoms with Crippen LogP contribution in [-0.4, -0.2) is 6.71 Å². The van der Waals surface area contributed by atoms with Crippen LogP contribution in [0.4, 0.5) is 34.1 Å². The number of hydrogen-bond donors (Lipinski definition) is 0. The maximum absolute atomic E-state index is 2.76. The molecule has 3 atom stereocenters. The van der Waals surface area contributed by atoms with Crippen molar-refractivity contribution in [3.8, 4) is 66.8 Å². The van der Waals surface area contributed by atoms with E-state index in [9.17, 15) is 0 Å². The van der Waals surface area contributed by atoms with Crippen molar-refractivity contribution in [3.63, 3.8) is 0 Å². The van der Waals surface area contributed by atoms with Gasteiger partial charge >= 0.3 is 0 Å². The van der Waals surface area contributed by atoms with Gasteiger partial charge in [0, 0.05) is 56.8 Å². The molecule has 11 aromatic rings. The fraction of sp³-hybridized carbons (Fsp3) is 0.204. The van der Waals surface area contributed by atoms with E-state index >= 15 is 0 Å². The van der Waals surface area contributed by atoms with Crippen molar-refractivity contribution in [2.75, 3.05) is 9.80 Å². The normalized spacial score (nSPS) is 17.4. The van der Waals surface area contributed by atoms with Crippen LogP contribution in [0.5, 0.6) is 0 Å². The third-order valence-corrected chi connectivity index (χ3v) is 22.6. The minimum absolute atomic E-state index is 0.0371. The molecule has 0 aromatic heterocycles. The summed E-state index contributed by atoms with van der Waals surface area (Å²) in [7, 11) is 0. The minimum Gasteiger partial charge on any atom is -0.310 e. The Morgan fingerprint density at radius 1 is 0.327 bits per heavy atom. The lowest BCUT2D eigenvalue weighted by Gasteiger charge is -2.46. The molecule has 0 radical (unpaired) electrons. The average molecular weight is 1310 g/mol. The molecule has 0 fully saturated rings. The molecule has 0 bridgehead atoms. The molecule has 4 aliphatic carbocycles. The Morgan fingerprint density at radius 3 is 1.25 bits per heavy atom. The number of allylic oxidation sites excluding steroid dienone is 12. The van der Waals surface area contributed by atoms with E-state index in [0.29, 0.717) is 17.8 Å². The molecule has 2 heterocycles. The highest BCUT2D eigenvalue weighted by Gasteiger charge is 2.47. The van der Waals surface area contributed by atoms with Crippen molar-refractivity contribution in [1.29, 1.82) is 0 Å². The second kappa shape index (κ2) is 24.1. The Hall–Kier alpha value is -10.5. The average Bonchev–Trinajstić information content (AvgIpc) is 0.688. The van der Waals surface area contributed by atoms with Gasteiger partial charge in [-0.3, -0.25) is 0 Å². The fourth-order valence-electron chi connectivity index (χ4n) is 17.1. The van der Waals surface area contributed by atoms with Crippen molar-refractivity contribution in [3.05, 3.63) is 336 Å². The summed E-state index contributed by atoms with van der Waals surface area (Å²) >= 11 is 0. The molecular weight excluding hydrogens is 1220 g/mol. The number of anilines is 6. The van der Waals surface area contributed by atoms with Crippen LogP contribution < -0.4 is 26.2 Å². The lowest BCUT2D eigenvalue weighted by Crippen LogP contribution is -2.61. The third-order valence-electron chi connectivity index (χ3n) is 22.6. The molecule has 0 saturated carbocycles. The van der Waals surface area contributed by atoms with Crippen molar-refractivity contribution in [2.24, 2.45) is 23.2 Å². The lowest BCUT2D eigenvalue weighted by molar-refractivity contribution is 0.357. The van der Waals surface area contributed by atoms with Crippen molar-refractivity contribution in [2.45, 2.75) is 106 Å². The SMILES string of the molecule is CC(C)(C)C1=CC2=CCC3C=C(c4ccc5c(c4)N(c4c(-c6ccccc6)cc(C(C)(C)C)cc4-c4ccccc4)c4cc(-c6ccc(C(C)(C)C)cc6)cc6c4B5c4cc(-c5ccccc5)ccc4N6c4c(-c5ccccc5)cc(C(C)(C)C)cc4-c4ccccc4)C=C4C=CC(=C1)C2C43. The number of benzene rings is 11. The molecule has 3 heteroatoms. The lowest BCUT2D eigenvalue weighted by atomic mass is 9.33. The van der Waals surface area contributed by atoms with Crippen molar-refractivity contribution < 1.29 is 0 Å². The van der Waals surface area contributed by atoms with Crippen LogP contribution >= 0.6 is 0 Å². The van der Waals surface area contributed by atoms with Gasteiger partial charge in [-0.2, -0.15) is 0 Å². The van der Waals surface area contributed by atoms with Crippen LogP contribution in [0.2, 0.25) is 0 Å². The van der Waals surface area contributed by atoms with Gasteiger partial charge in [0.25, 0.3) is 6.71 Å². The molecule has 494 valence electrons. The van der Waals surface area contributed by atoms with E-state index in [2.05, 4.69) is 384 Å². The first-order valence-electron chi connectivity index (χ1n) is 36.7. The van der Waals surface area contributed by atoms with Gasteiger partial charge in [-0.15, -0.1) is 0 Å². The molecule has 11 aromatic carbocycles. The first-order valence-corrected chi connectivity index (χ1v) is 36.7. The highest BCUT2D eigenvalue weighted by atomic mass is 15.2. The summed E-state index contributed by atoms with van der Waals surface area (Å²) in [4.78, 5) is 5.47. The maximum Gasteiger partial charge on any atom is 0.252 e. The zero-order chi connectivity index (χ0) is 69.4. The van der Waals surface area contributed by atoms with Crippen LogP contribution in [0, 0.1) is 23.2 Å². The summed E-state index contributed by atoms with van der Waals surface area (Å²) in [5, 5.41) is 0. The van der Waals surface area contributed by atoms with Gasteiger partial charge in [0.2, 0.25) is 0 Å². The van der Waals surface area contributed by atoms with Crippen LogP contribution in [-0.2, 0) is 16.2 Å². The molecule has 0 saturated heterocycles. The van der Waals surface area contributed by atoms with E-state index in [1.54, 1.807) is 0 Å². The Kier molecular flexibility index (Phi) is 15.3. The minimum atomic E-state index is -0.204. The molecular formula is C98H89BN2. The highest BCUT2D eigenvalue weighted by Crippen LogP contribution is 2.58. The second-order valence-corrected chi connectivity index (χ2v) is 33.3. The van der Waals surface area contributed by atoms with Gasteiger partial charge in [0.1, 0.15) is 0 Å². The summed E-state index contributed by atoms with van der Waals surface area (Å²) in [6, 6.07) is 95.7. The fourth-order valence-corrected chi connectivity index (χ4v) is 17.1. The first kappa shape index (κ1) is 63.9. The van der Waals surface area contributed by atoms with Gasteiger partial charge < -0.3 is 9.80 Å². The Morgan fingerprint density at radius 2 is 0.762 bits per heavy atom. The summed E-state index contributed by atoms with van der Waals surface area (Å²) in [5.41, 5.74) is 36.8. The molecule has 0 amide bonds. The molecule has 2 nitrogen and oxygen atoms in total. The van der Waals surface area contributed by atoms with Crippen LogP contribution in [0.3, 0.4) is 0 Å². The standard InChI is InChI=1S/C98H89BN2/c1-95(2,3)76-46-42-63(43-47-76)75-56-88-92-89(57-75)101(94-82(66-34-24-16-25-35-66)60-79(98(10,11)12)61-83(94)67-36-26-17-27-37-67)87-55-69(74-50-70-38-40-72-52-77(96(4,5)6)53-73-41-39-71(51-74)90(70)91(72)73)44-48-84(87)99(92)85-54-68(62-28-18-13-19-29-62)45-49-86(85)100(88)93-80(64-30-20-14-21-31-64)58-78(97(7,8)9)59-81(93)65-32-22-15-23-33-65/h13-38,40-61,71,90-91H,39H2,1-12H3. The summed E-state index contributed by atoms with van der Waals surface area (Å²) in [6.07, 6.45) is 18.7. The highest BCUT2D eigenvalue weighted by molar-refractivity contribution is 7.00. The molecule has 3 unspecified atom stereocenters. The number of hydrogen-bond acceptors (Lipinski definition) is 2.